The van der Waals surface area contributed by atoms with E-state index in [1.165, 1.54) is 17.8 Å². The standard InChI is InChI=1S/C15H19N3O2S/c16-12-14-15(9-5-10-17-14)21(19,20)18-11-4-8-13-6-2-1-3-7-13/h1-3,5-7,9-10,18H,4,8,11-12,16H2. The number of nitrogens with one attached hydrogen (secondary N) is 1. The van der Waals surface area contributed by atoms with Crippen molar-refractivity contribution in [1.29, 1.82) is 0 Å². The predicted molar refractivity (Wildman–Crippen MR) is 82.1 cm³/mol. The Labute approximate surface area is 125 Å². The van der Waals surface area contributed by atoms with Crippen molar-refractivity contribution in [2.45, 2.75) is 24.3 Å². The zero-order chi connectivity index (χ0) is 15.1. The molecule has 3 N–H and O–H groups in total. The Balaban J connectivity index is 1.93. The summed E-state index contributed by atoms with van der Waals surface area (Å²) in [5, 5.41) is 0. The molecule has 1 aromatic carbocycles. The van der Waals surface area contributed by atoms with Crippen LogP contribution in [0.15, 0.2) is 53.6 Å². The number of pyridine rings is 1. The van der Waals surface area contributed by atoms with Gasteiger partial charge in [0.2, 0.25) is 10.0 Å². The van der Waals surface area contributed by atoms with Crippen LogP contribution < -0.4 is 10.5 Å². The van der Waals surface area contributed by atoms with Gasteiger partial charge in [0.05, 0.1) is 5.69 Å². The van der Waals surface area contributed by atoms with Crippen molar-refractivity contribution in [2.75, 3.05) is 6.54 Å². The molecule has 0 aliphatic heterocycles. The van der Waals surface area contributed by atoms with Crippen LogP contribution in [0.1, 0.15) is 17.7 Å². The summed E-state index contributed by atoms with van der Waals surface area (Å²) >= 11 is 0. The summed E-state index contributed by atoms with van der Waals surface area (Å²) in [7, 11) is -3.55. The van der Waals surface area contributed by atoms with E-state index in [1.807, 2.05) is 30.3 Å². The lowest BCUT2D eigenvalue weighted by Crippen LogP contribution is -2.27. The molecule has 1 aromatic heterocycles. The molecule has 0 unspecified atom stereocenters. The smallest absolute Gasteiger partial charge is 0.242 e. The Kier molecular flexibility index (Phi) is 5.44. The highest BCUT2D eigenvalue weighted by Gasteiger charge is 2.17. The maximum Gasteiger partial charge on any atom is 0.242 e. The molecule has 2 aromatic rings. The van der Waals surface area contributed by atoms with Crippen LogP contribution >= 0.6 is 0 Å². The molecule has 0 aliphatic rings. The first-order valence-electron chi connectivity index (χ1n) is 6.81. The summed E-state index contributed by atoms with van der Waals surface area (Å²) in [6, 6.07) is 13.1. The quantitative estimate of drug-likeness (QED) is 0.758. The molecule has 0 atom stereocenters. The van der Waals surface area contributed by atoms with Crippen molar-refractivity contribution in [3.05, 3.63) is 59.9 Å². The molecule has 0 saturated heterocycles. The summed E-state index contributed by atoms with van der Waals surface area (Å²) in [6.07, 6.45) is 3.11. The molecule has 21 heavy (non-hydrogen) atoms. The molecule has 0 aliphatic carbocycles. The number of aromatic nitrogens is 1. The first-order chi connectivity index (χ1) is 10.1. The van der Waals surface area contributed by atoms with Crippen LogP contribution in [-0.2, 0) is 23.0 Å². The van der Waals surface area contributed by atoms with Crippen LogP contribution in [0.3, 0.4) is 0 Å². The van der Waals surface area contributed by atoms with Crippen molar-refractivity contribution in [2.24, 2.45) is 5.73 Å². The van der Waals surface area contributed by atoms with Crippen LogP contribution in [0.5, 0.6) is 0 Å². The van der Waals surface area contributed by atoms with Gasteiger partial charge in [0.1, 0.15) is 4.90 Å². The minimum atomic E-state index is -3.55. The SMILES string of the molecule is NCc1ncccc1S(=O)(=O)NCCCc1ccccc1. The van der Waals surface area contributed by atoms with E-state index in [0.717, 1.165) is 12.8 Å². The lowest BCUT2D eigenvalue weighted by molar-refractivity contribution is 0.577. The highest BCUT2D eigenvalue weighted by molar-refractivity contribution is 7.89. The van der Waals surface area contributed by atoms with Gasteiger partial charge in [-0.3, -0.25) is 4.98 Å². The molecule has 2 rings (SSSR count). The molecule has 1 heterocycles. The van der Waals surface area contributed by atoms with E-state index in [0.29, 0.717) is 12.2 Å². The van der Waals surface area contributed by atoms with Crippen molar-refractivity contribution >= 4 is 10.0 Å². The van der Waals surface area contributed by atoms with Crippen LogP contribution in [0, 0.1) is 0 Å². The van der Waals surface area contributed by atoms with Gasteiger partial charge in [-0.25, -0.2) is 13.1 Å². The largest absolute Gasteiger partial charge is 0.325 e. The molecule has 0 fully saturated rings. The van der Waals surface area contributed by atoms with Crippen molar-refractivity contribution < 1.29 is 8.42 Å². The maximum atomic E-state index is 12.2. The molecule has 0 spiro atoms. The molecular formula is C15H19N3O2S. The number of rotatable bonds is 7. The lowest BCUT2D eigenvalue weighted by atomic mass is 10.1. The normalized spacial score (nSPS) is 11.5. The average molecular weight is 305 g/mol. The third kappa shape index (κ3) is 4.35. The Morgan fingerprint density at radius 2 is 1.86 bits per heavy atom. The second-order valence-corrected chi connectivity index (χ2v) is 6.37. The summed E-state index contributed by atoms with van der Waals surface area (Å²) in [5.41, 5.74) is 7.10. The Bertz CT molecular complexity index is 672. The van der Waals surface area contributed by atoms with Crippen LogP contribution in [0.4, 0.5) is 0 Å². The Hall–Kier alpha value is -1.76. The number of sulfonamides is 1. The van der Waals surface area contributed by atoms with E-state index in [4.69, 9.17) is 5.73 Å². The van der Waals surface area contributed by atoms with E-state index in [1.54, 1.807) is 6.07 Å². The second-order valence-electron chi connectivity index (χ2n) is 4.64. The molecule has 6 heteroatoms. The fraction of sp³-hybridized carbons (Fsp3) is 0.267. The second kappa shape index (κ2) is 7.31. The topological polar surface area (TPSA) is 85.1 Å². The van der Waals surface area contributed by atoms with E-state index in [9.17, 15) is 8.42 Å². The van der Waals surface area contributed by atoms with E-state index >= 15 is 0 Å². The third-order valence-electron chi connectivity index (χ3n) is 3.11. The number of benzene rings is 1. The van der Waals surface area contributed by atoms with Gasteiger partial charge in [-0.2, -0.15) is 0 Å². The van der Waals surface area contributed by atoms with Crippen LogP contribution in [0.25, 0.3) is 0 Å². The maximum absolute atomic E-state index is 12.2. The van der Waals surface area contributed by atoms with Crippen molar-refractivity contribution in [3.63, 3.8) is 0 Å². The fourth-order valence-electron chi connectivity index (χ4n) is 2.04. The van der Waals surface area contributed by atoms with Crippen molar-refractivity contribution in [3.8, 4) is 0 Å². The van der Waals surface area contributed by atoms with E-state index in [-0.39, 0.29) is 11.4 Å². The summed E-state index contributed by atoms with van der Waals surface area (Å²) in [5.74, 6) is 0. The van der Waals surface area contributed by atoms with Gasteiger partial charge in [-0.05, 0) is 30.5 Å². The number of hydrogen-bond acceptors (Lipinski definition) is 4. The monoisotopic (exact) mass is 305 g/mol. The van der Waals surface area contributed by atoms with Gasteiger partial charge in [0, 0.05) is 19.3 Å². The van der Waals surface area contributed by atoms with Gasteiger partial charge in [-0.15, -0.1) is 0 Å². The van der Waals surface area contributed by atoms with Gasteiger partial charge < -0.3 is 5.73 Å². The van der Waals surface area contributed by atoms with Crippen LogP contribution in [-0.4, -0.2) is 19.9 Å². The van der Waals surface area contributed by atoms with Gasteiger partial charge in [0.25, 0.3) is 0 Å². The van der Waals surface area contributed by atoms with Crippen molar-refractivity contribution in [1.82, 2.24) is 9.71 Å². The summed E-state index contributed by atoms with van der Waals surface area (Å²) < 4.78 is 27.0. The number of hydrogen-bond donors (Lipinski definition) is 2. The van der Waals surface area contributed by atoms with Gasteiger partial charge in [-0.1, -0.05) is 30.3 Å². The highest BCUT2D eigenvalue weighted by atomic mass is 32.2. The molecule has 112 valence electrons. The molecular weight excluding hydrogens is 286 g/mol. The predicted octanol–water partition coefficient (Wildman–Crippen LogP) is 1.45. The summed E-state index contributed by atoms with van der Waals surface area (Å²) in [4.78, 5) is 4.15. The molecule has 0 amide bonds. The molecule has 5 nitrogen and oxygen atoms in total. The molecule has 0 radical (unpaired) electrons. The third-order valence-corrected chi connectivity index (χ3v) is 4.64. The number of nitrogens with two attached hydrogens (primary N) is 1. The van der Waals surface area contributed by atoms with Gasteiger partial charge in [0.15, 0.2) is 0 Å². The number of aryl methyl sites for hydroxylation is 1. The van der Waals surface area contributed by atoms with E-state index in [2.05, 4.69) is 9.71 Å². The fourth-order valence-corrected chi connectivity index (χ4v) is 3.32. The summed E-state index contributed by atoms with van der Waals surface area (Å²) in [6.45, 7) is 0.483. The first-order valence-corrected chi connectivity index (χ1v) is 8.29. The Morgan fingerprint density at radius 3 is 2.57 bits per heavy atom. The zero-order valence-corrected chi connectivity index (χ0v) is 12.5. The Morgan fingerprint density at radius 1 is 1.10 bits per heavy atom. The zero-order valence-electron chi connectivity index (χ0n) is 11.7. The lowest BCUT2D eigenvalue weighted by Gasteiger charge is -2.09. The minimum Gasteiger partial charge on any atom is -0.325 e. The highest BCUT2D eigenvalue weighted by Crippen LogP contribution is 2.12. The number of nitrogens with zero attached hydrogens (tertiary/aromatic N) is 1. The minimum absolute atomic E-state index is 0.0983. The van der Waals surface area contributed by atoms with E-state index < -0.39 is 10.0 Å². The average Bonchev–Trinajstić information content (AvgIpc) is 2.52. The molecule has 0 saturated carbocycles. The molecule has 0 bridgehead atoms. The van der Waals surface area contributed by atoms with Crippen LogP contribution in [0.2, 0.25) is 0 Å². The van der Waals surface area contributed by atoms with Gasteiger partial charge >= 0.3 is 0 Å². The first kappa shape index (κ1) is 15.6.